The van der Waals surface area contributed by atoms with Crippen molar-refractivity contribution in [1.82, 2.24) is 4.90 Å². The van der Waals surface area contributed by atoms with E-state index in [9.17, 15) is 24.6 Å². The molecule has 9 heteroatoms. The first-order valence-electron chi connectivity index (χ1n) is 9.53. The van der Waals surface area contributed by atoms with E-state index in [1.807, 2.05) is 13.8 Å². The zero-order chi connectivity index (χ0) is 22.7. The third-order valence-electron chi connectivity index (χ3n) is 4.54. The van der Waals surface area contributed by atoms with Gasteiger partial charge in [0, 0.05) is 37.7 Å². The summed E-state index contributed by atoms with van der Waals surface area (Å²) in [6.07, 6.45) is -0.468. The van der Waals surface area contributed by atoms with Gasteiger partial charge in [0.2, 0.25) is 5.75 Å². The predicted octanol–water partition coefficient (Wildman–Crippen LogP) is 3.64. The number of fused-ring (bicyclic) bond motifs is 1. The van der Waals surface area contributed by atoms with Crippen LogP contribution < -0.4 is 14.9 Å². The number of esters is 1. The Morgan fingerprint density at radius 2 is 1.68 bits per heavy atom. The average Bonchev–Trinajstić information content (AvgIpc) is 2.71. The molecule has 2 aromatic carbocycles. The molecule has 9 nitrogen and oxygen atoms in total. The summed E-state index contributed by atoms with van der Waals surface area (Å²) >= 11 is 0. The number of benzene rings is 2. The van der Waals surface area contributed by atoms with Gasteiger partial charge in [0.15, 0.2) is 16.9 Å². The van der Waals surface area contributed by atoms with Crippen LogP contribution in [0.4, 0.5) is 4.79 Å². The molecule has 0 aliphatic carbocycles. The van der Waals surface area contributed by atoms with Crippen LogP contribution in [0.15, 0.2) is 45.6 Å². The van der Waals surface area contributed by atoms with Gasteiger partial charge in [-0.25, -0.2) is 4.79 Å². The molecule has 0 fully saturated rings. The van der Waals surface area contributed by atoms with E-state index in [0.717, 1.165) is 19.1 Å². The highest BCUT2D eigenvalue weighted by atomic mass is 16.6. The van der Waals surface area contributed by atoms with Crippen molar-refractivity contribution in [2.45, 2.75) is 20.8 Å². The van der Waals surface area contributed by atoms with Crippen LogP contribution >= 0.6 is 0 Å². The molecular weight excluding hydrogens is 406 g/mol. The van der Waals surface area contributed by atoms with Crippen LogP contribution in [-0.2, 0) is 4.79 Å². The molecule has 162 valence electrons. The van der Waals surface area contributed by atoms with Gasteiger partial charge >= 0.3 is 12.1 Å². The maximum atomic E-state index is 12.6. The molecule has 3 aromatic rings. The highest BCUT2D eigenvalue weighted by Crippen LogP contribution is 2.41. The fraction of sp³-hybridized carbons (Fsp3) is 0.227. The molecule has 1 amide bonds. The van der Waals surface area contributed by atoms with Gasteiger partial charge in [-0.05, 0) is 38.1 Å². The van der Waals surface area contributed by atoms with E-state index in [1.54, 1.807) is 24.3 Å². The van der Waals surface area contributed by atoms with Crippen LogP contribution in [-0.4, -0.2) is 40.3 Å². The zero-order valence-corrected chi connectivity index (χ0v) is 17.2. The van der Waals surface area contributed by atoms with Crippen LogP contribution in [0.5, 0.6) is 23.0 Å². The number of carbonyl (C=O) groups is 2. The lowest BCUT2D eigenvalue weighted by Crippen LogP contribution is -2.33. The largest absolute Gasteiger partial charge is 0.504 e. The van der Waals surface area contributed by atoms with E-state index in [2.05, 4.69) is 0 Å². The molecule has 0 aliphatic heterocycles. The van der Waals surface area contributed by atoms with E-state index >= 15 is 0 Å². The molecule has 1 heterocycles. The standard InChI is InChI=1S/C22H21NO8/c1-4-23(5-2)22(28)30-14-8-6-13(7-9-14)17-10-15(25)19-18(31-17)11-16(26)21(20(19)27)29-12(3)24/h6-11,26-27H,4-5H2,1-3H3. The van der Waals surface area contributed by atoms with Crippen molar-refractivity contribution in [2.24, 2.45) is 0 Å². The Morgan fingerprint density at radius 3 is 2.26 bits per heavy atom. The van der Waals surface area contributed by atoms with Crippen LogP contribution in [0, 0.1) is 0 Å². The van der Waals surface area contributed by atoms with Gasteiger partial charge in [0.25, 0.3) is 0 Å². The zero-order valence-electron chi connectivity index (χ0n) is 17.2. The Bertz CT molecular complexity index is 1190. The van der Waals surface area contributed by atoms with Crippen molar-refractivity contribution in [1.29, 1.82) is 0 Å². The molecule has 31 heavy (non-hydrogen) atoms. The van der Waals surface area contributed by atoms with Crippen LogP contribution in [0.25, 0.3) is 22.3 Å². The second kappa shape index (κ2) is 8.78. The number of phenolic OH excluding ortho intramolecular Hbond substituents is 2. The first kappa shape index (κ1) is 21.7. The number of phenols is 2. The summed E-state index contributed by atoms with van der Waals surface area (Å²) in [7, 11) is 0. The highest BCUT2D eigenvalue weighted by Gasteiger charge is 2.20. The van der Waals surface area contributed by atoms with Gasteiger partial charge in [-0.15, -0.1) is 0 Å². The lowest BCUT2D eigenvalue weighted by atomic mass is 10.1. The van der Waals surface area contributed by atoms with Crippen molar-refractivity contribution < 1.29 is 33.7 Å². The minimum absolute atomic E-state index is 0.0922. The quantitative estimate of drug-likeness (QED) is 0.467. The van der Waals surface area contributed by atoms with Gasteiger partial charge in [0.1, 0.15) is 22.5 Å². The second-order valence-corrected chi connectivity index (χ2v) is 6.58. The number of carbonyl (C=O) groups excluding carboxylic acids is 2. The lowest BCUT2D eigenvalue weighted by Gasteiger charge is -2.17. The molecule has 0 aliphatic rings. The molecule has 0 atom stereocenters. The van der Waals surface area contributed by atoms with E-state index in [4.69, 9.17) is 13.9 Å². The SMILES string of the molecule is CCN(CC)C(=O)Oc1ccc(-c2cc(=O)c3c(O)c(OC(C)=O)c(O)cc3o2)cc1. The lowest BCUT2D eigenvalue weighted by molar-refractivity contribution is -0.132. The Morgan fingerprint density at radius 1 is 1.03 bits per heavy atom. The number of ether oxygens (including phenoxy) is 2. The monoisotopic (exact) mass is 427 g/mol. The topological polar surface area (TPSA) is 127 Å². The van der Waals surface area contributed by atoms with Gasteiger partial charge in [-0.2, -0.15) is 0 Å². The first-order chi connectivity index (χ1) is 14.7. The second-order valence-electron chi connectivity index (χ2n) is 6.58. The number of nitrogens with zero attached hydrogens (tertiary/aromatic N) is 1. The van der Waals surface area contributed by atoms with Crippen molar-refractivity contribution >= 4 is 23.0 Å². The minimum Gasteiger partial charge on any atom is -0.504 e. The number of aromatic hydroxyl groups is 2. The summed E-state index contributed by atoms with van der Waals surface area (Å²) in [5.74, 6) is -2.04. The van der Waals surface area contributed by atoms with Crippen LogP contribution in [0.2, 0.25) is 0 Å². The molecule has 3 rings (SSSR count). The molecule has 1 aromatic heterocycles. The third kappa shape index (κ3) is 4.45. The van der Waals surface area contributed by atoms with Gasteiger partial charge in [0.05, 0.1) is 0 Å². The van der Waals surface area contributed by atoms with Gasteiger partial charge in [-0.1, -0.05) is 0 Å². The Balaban J connectivity index is 1.96. The van der Waals surface area contributed by atoms with Gasteiger partial charge < -0.3 is 29.0 Å². The summed E-state index contributed by atoms with van der Waals surface area (Å²) < 4.78 is 15.7. The van der Waals surface area contributed by atoms with Crippen molar-refractivity contribution in [3.05, 3.63) is 46.6 Å². The minimum atomic E-state index is -0.771. The summed E-state index contributed by atoms with van der Waals surface area (Å²) in [4.78, 5) is 37.3. The van der Waals surface area contributed by atoms with E-state index in [1.165, 1.54) is 4.90 Å². The summed E-state index contributed by atoms with van der Waals surface area (Å²) in [5, 5.41) is 20.1. The maximum absolute atomic E-state index is 12.6. The number of hydrogen-bond acceptors (Lipinski definition) is 8. The molecule has 0 unspecified atom stereocenters. The molecule has 0 saturated carbocycles. The van der Waals surface area contributed by atoms with Gasteiger partial charge in [-0.3, -0.25) is 9.59 Å². The van der Waals surface area contributed by atoms with E-state index in [0.29, 0.717) is 24.4 Å². The molecular formula is C22H21NO8. The van der Waals surface area contributed by atoms with Crippen LogP contribution in [0.3, 0.4) is 0 Å². The fourth-order valence-corrected chi connectivity index (χ4v) is 2.99. The number of rotatable bonds is 5. The smallest absolute Gasteiger partial charge is 0.415 e. The van der Waals surface area contributed by atoms with Crippen LogP contribution in [0.1, 0.15) is 20.8 Å². The number of amides is 1. The molecule has 0 spiro atoms. The van der Waals surface area contributed by atoms with Crippen molar-refractivity contribution in [3.8, 4) is 34.3 Å². The molecule has 0 bridgehead atoms. The highest BCUT2D eigenvalue weighted by molar-refractivity contribution is 5.90. The Hall–Kier alpha value is -4.01. The summed E-state index contributed by atoms with van der Waals surface area (Å²) in [5.41, 5.74) is -0.186. The summed E-state index contributed by atoms with van der Waals surface area (Å²) in [6.45, 7) is 5.83. The van der Waals surface area contributed by atoms with Crippen molar-refractivity contribution in [2.75, 3.05) is 13.1 Å². The normalized spacial score (nSPS) is 10.7. The summed E-state index contributed by atoms with van der Waals surface area (Å²) in [6, 6.07) is 8.55. The number of hydrogen-bond donors (Lipinski definition) is 2. The molecule has 2 N–H and O–H groups in total. The Kier molecular flexibility index (Phi) is 6.15. The van der Waals surface area contributed by atoms with E-state index < -0.39 is 34.7 Å². The third-order valence-corrected chi connectivity index (χ3v) is 4.54. The average molecular weight is 427 g/mol. The Labute approximate surface area is 177 Å². The van der Waals surface area contributed by atoms with E-state index in [-0.39, 0.29) is 16.7 Å². The maximum Gasteiger partial charge on any atom is 0.415 e. The molecule has 0 radical (unpaired) electrons. The first-order valence-corrected chi connectivity index (χ1v) is 9.53. The fourth-order valence-electron chi connectivity index (χ4n) is 2.99. The predicted molar refractivity (Wildman–Crippen MR) is 112 cm³/mol. The van der Waals surface area contributed by atoms with Crippen molar-refractivity contribution in [3.63, 3.8) is 0 Å². The molecule has 0 saturated heterocycles.